The van der Waals surface area contributed by atoms with Crippen molar-refractivity contribution in [2.75, 3.05) is 13.2 Å². The molecule has 2 rings (SSSR count). The van der Waals surface area contributed by atoms with Gasteiger partial charge in [0.2, 0.25) is 0 Å². The van der Waals surface area contributed by atoms with Crippen molar-refractivity contribution in [1.29, 1.82) is 0 Å². The molecule has 0 atom stereocenters. The summed E-state index contributed by atoms with van der Waals surface area (Å²) >= 11 is 0. The summed E-state index contributed by atoms with van der Waals surface area (Å²) in [6.45, 7) is 5.47. The average Bonchev–Trinajstić information content (AvgIpc) is 2.29. The third-order valence-electron chi connectivity index (χ3n) is 2.63. The van der Waals surface area contributed by atoms with E-state index in [1.165, 1.54) is 0 Å². The molecule has 0 N–H and O–H groups in total. The maximum Gasteiger partial charge on any atom is 0.184 e. The third-order valence-corrected chi connectivity index (χ3v) is 2.63. The van der Waals surface area contributed by atoms with Crippen LogP contribution in [0.5, 0.6) is 0 Å². The van der Waals surface area contributed by atoms with E-state index in [4.69, 9.17) is 9.47 Å². The maximum atomic E-state index is 10.9. The van der Waals surface area contributed by atoms with Crippen LogP contribution in [0.15, 0.2) is 24.3 Å². The molecule has 1 aromatic carbocycles. The van der Waals surface area contributed by atoms with E-state index in [0.29, 0.717) is 18.8 Å². The summed E-state index contributed by atoms with van der Waals surface area (Å²) in [6.07, 6.45) is 0.427. The third kappa shape index (κ3) is 2.31. The molecule has 0 amide bonds. The molecule has 16 heavy (non-hydrogen) atoms. The largest absolute Gasteiger partial charge is 0.348 e. The maximum absolute atomic E-state index is 10.9. The highest BCUT2D eigenvalue weighted by atomic mass is 16.7. The molecule has 0 aromatic heterocycles. The number of benzene rings is 1. The summed E-state index contributed by atoms with van der Waals surface area (Å²) in [5.41, 5.74) is 1.49. The van der Waals surface area contributed by atoms with Gasteiger partial charge in [-0.15, -0.1) is 0 Å². The van der Waals surface area contributed by atoms with Crippen molar-refractivity contribution < 1.29 is 14.3 Å². The minimum absolute atomic E-state index is 0.0482. The number of rotatable bonds is 2. The molecule has 0 spiro atoms. The van der Waals surface area contributed by atoms with Crippen molar-refractivity contribution in [3.8, 4) is 0 Å². The zero-order chi connectivity index (χ0) is 11.6. The van der Waals surface area contributed by atoms with Crippen LogP contribution >= 0.6 is 0 Å². The minimum Gasteiger partial charge on any atom is -0.348 e. The second-order valence-electron chi connectivity index (χ2n) is 4.86. The quantitative estimate of drug-likeness (QED) is 0.718. The van der Waals surface area contributed by atoms with Gasteiger partial charge in [0.25, 0.3) is 0 Å². The first kappa shape index (κ1) is 11.3. The Kier molecular flexibility index (Phi) is 3.08. The molecular formula is C13H16O3. The van der Waals surface area contributed by atoms with Gasteiger partial charge < -0.3 is 9.47 Å². The predicted octanol–water partition coefficient (Wildman–Crippen LogP) is 2.57. The lowest BCUT2D eigenvalue weighted by Crippen LogP contribution is -2.34. The second kappa shape index (κ2) is 4.36. The molecule has 0 unspecified atom stereocenters. The van der Waals surface area contributed by atoms with Crippen molar-refractivity contribution in [1.82, 2.24) is 0 Å². The van der Waals surface area contributed by atoms with Crippen molar-refractivity contribution in [2.24, 2.45) is 5.41 Å². The van der Waals surface area contributed by atoms with E-state index >= 15 is 0 Å². The van der Waals surface area contributed by atoms with Crippen molar-refractivity contribution in [3.63, 3.8) is 0 Å². The summed E-state index contributed by atoms with van der Waals surface area (Å²) in [6, 6.07) is 7.36. The summed E-state index contributed by atoms with van der Waals surface area (Å²) in [4.78, 5) is 10.9. The van der Waals surface area contributed by atoms with Gasteiger partial charge in [-0.3, -0.25) is 4.79 Å². The second-order valence-corrected chi connectivity index (χ2v) is 4.86. The Bertz CT molecular complexity index is 375. The van der Waals surface area contributed by atoms with Crippen LogP contribution in [0.2, 0.25) is 0 Å². The van der Waals surface area contributed by atoms with Crippen LogP contribution in [0.4, 0.5) is 0 Å². The van der Waals surface area contributed by atoms with Crippen LogP contribution in [-0.4, -0.2) is 19.5 Å². The smallest absolute Gasteiger partial charge is 0.184 e. The zero-order valence-electron chi connectivity index (χ0n) is 9.60. The average molecular weight is 220 g/mol. The number of carbonyl (C=O) groups excluding carboxylic acids is 1. The van der Waals surface area contributed by atoms with Crippen LogP contribution in [0.25, 0.3) is 0 Å². The Morgan fingerprint density at radius 1 is 1.25 bits per heavy atom. The highest BCUT2D eigenvalue weighted by Gasteiger charge is 2.29. The Balaban J connectivity index is 2.17. The van der Waals surface area contributed by atoms with E-state index in [2.05, 4.69) is 13.8 Å². The van der Waals surface area contributed by atoms with Gasteiger partial charge in [0.1, 0.15) is 0 Å². The molecule has 0 aliphatic carbocycles. The standard InChI is InChI=1S/C13H16O3/c1-13(2)8-15-12(16-9-13)11-6-4-3-5-10(11)7-14/h3-7,12H,8-9H2,1-2H3. The van der Waals surface area contributed by atoms with E-state index in [-0.39, 0.29) is 5.41 Å². The fourth-order valence-corrected chi connectivity index (χ4v) is 1.70. The van der Waals surface area contributed by atoms with E-state index < -0.39 is 6.29 Å². The number of ether oxygens (including phenoxy) is 2. The number of aldehydes is 1. The van der Waals surface area contributed by atoms with E-state index in [9.17, 15) is 4.79 Å². The molecule has 1 aromatic rings. The first-order chi connectivity index (χ1) is 7.62. The van der Waals surface area contributed by atoms with Gasteiger partial charge in [-0.2, -0.15) is 0 Å². The van der Waals surface area contributed by atoms with Crippen molar-refractivity contribution in [3.05, 3.63) is 35.4 Å². The molecule has 3 nitrogen and oxygen atoms in total. The van der Waals surface area contributed by atoms with Gasteiger partial charge >= 0.3 is 0 Å². The first-order valence-corrected chi connectivity index (χ1v) is 5.40. The number of carbonyl (C=O) groups is 1. The Labute approximate surface area is 95.4 Å². The molecule has 1 saturated heterocycles. The molecule has 86 valence electrons. The SMILES string of the molecule is CC1(C)COC(c2ccccc2C=O)OC1. The Hall–Kier alpha value is -1.19. The fourth-order valence-electron chi connectivity index (χ4n) is 1.70. The molecule has 1 fully saturated rings. The van der Waals surface area contributed by atoms with Crippen molar-refractivity contribution >= 4 is 6.29 Å². The van der Waals surface area contributed by atoms with Crippen LogP contribution in [-0.2, 0) is 9.47 Å². The minimum atomic E-state index is -0.408. The summed E-state index contributed by atoms with van der Waals surface area (Å²) in [7, 11) is 0. The van der Waals surface area contributed by atoms with Crippen molar-refractivity contribution in [2.45, 2.75) is 20.1 Å². The molecule has 0 saturated carbocycles. The van der Waals surface area contributed by atoms with Gasteiger partial charge in [0.15, 0.2) is 12.6 Å². The number of hydrogen-bond donors (Lipinski definition) is 0. The van der Waals surface area contributed by atoms with Crippen LogP contribution in [0.1, 0.15) is 36.1 Å². The lowest BCUT2D eigenvalue weighted by Gasteiger charge is -2.35. The highest BCUT2D eigenvalue weighted by Crippen LogP contribution is 2.31. The predicted molar refractivity (Wildman–Crippen MR) is 60.3 cm³/mol. The fraction of sp³-hybridized carbons (Fsp3) is 0.462. The molecule has 0 bridgehead atoms. The molecular weight excluding hydrogens is 204 g/mol. The van der Waals surface area contributed by atoms with Crippen LogP contribution < -0.4 is 0 Å². The van der Waals surface area contributed by atoms with E-state index in [0.717, 1.165) is 11.8 Å². The van der Waals surface area contributed by atoms with Gasteiger partial charge in [-0.05, 0) is 0 Å². The first-order valence-electron chi connectivity index (χ1n) is 5.40. The van der Waals surface area contributed by atoms with E-state index in [1.54, 1.807) is 6.07 Å². The highest BCUT2D eigenvalue weighted by molar-refractivity contribution is 5.77. The molecule has 1 heterocycles. The van der Waals surface area contributed by atoms with Gasteiger partial charge in [-0.1, -0.05) is 38.1 Å². The molecule has 1 aliphatic rings. The topological polar surface area (TPSA) is 35.5 Å². The summed E-state index contributed by atoms with van der Waals surface area (Å²) in [5, 5.41) is 0. The molecule has 0 radical (unpaired) electrons. The summed E-state index contributed by atoms with van der Waals surface area (Å²) < 4.78 is 11.3. The lowest BCUT2D eigenvalue weighted by atomic mass is 9.95. The monoisotopic (exact) mass is 220 g/mol. The molecule has 3 heteroatoms. The van der Waals surface area contributed by atoms with Gasteiger partial charge in [0, 0.05) is 16.5 Å². The normalized spacial score (nSPS) is 20.6. The van der Waals surface area contributed by atoms with Gasteiger partial charge in [-0.25, -0.2) is 0 Å². The zero-order valence-corrected chi connectivity index (χ0v) is 9.60. The van der Waals surface area contributed by atoms with E-state index in [1.807, 2.05) is 18.2 Å². The van der Waals surface area contributed by atoms with Crippen LogP contribution in [0.3, 0.4) is 0 Å². The van der Waals surface area contributed by atoms with Crippen LogP contribution in [0, 0.1) is 5.41 Å². The Morgan fingerprint density at radius 2 is 1.88 bits per heavy atom. The van der Waals surface area contributed by atoms with Gasteiger partial charge in [0.05, 0.1) is 13.2 Å². The number of hydrogen-bond acceptors (Lipinski definition) is 3. The Morgan fingerprint density at radius 3 is 2.50 bits per heavy atom. The lowest BCUT2D eigenvalue weighted by molar-refractivity contribution is -0.226. The summed E-state index contributed by atoms with van der Waals surface area (Å²) in [5.74, 6) is 0. The molecule has 1 aliphatic heterocycles.